The van der Waals surface area contributed by atoms with E-state index in [2.05, 4.69) is 6.92 Å². The smallest absolute Gasteiger partial charge is 0.163 e. The summed E-state index contributed by atoms with van der Waals surface area (Å²) in [5.41, 5.74) is 0.436. The summed E-state index contributed by atoms with van der Waals surface area (Å²) in [6.07, 6.45) is 0.912. The first-order chi connectivity index (χ1) is 12.4. The third-order valence-corrected chi connectivity index (χ3v) is 6.62. The molecule has 4 nitrogen and oxygen atoms in total. The number of Topliss-reactive ketones (excluding diaryl/α,β-unsaturated/α-hetero) is 1. The molecule has 136 valence electrons. The zero-order valence-electron chi connectivity index (χ0n) is 14.9. The second kappa shape index (κ2) is 5.93. The van der Waals surface area contributed by atoms with Crippen molar-refractivity contribution < 1.29 is 20.1 Å². The molecular formula is C22H24O4. The SMILES string of the molecule is CCC12CC(O)C(O)(c3ccccc3)C[C@H]1CC(=O)c1cc(O)ccc12. The highest BCUT2D eigenvalue weighted by molar-refractivity contribution is 6.00. The van der Waals surface area contributed by atoms with E-state index in [1.807, 2.05) is 36.4 Å². The van der Waals surface area contributed by atoms with Gasteiger partial charge in [-0.15, -0.1) is 0 Å². The molecule has 2 aliphatic carbocycles. The van der Waals surface area contributed by atoms with Gasteiger partial charge in [-0.05, 0) is 48.4 Å². The van der Waals surface area contributed by atoms with Gasteiger partial charge in [0.25, 0.3) is 0 Å². The molecule has 2 aromatic carbocycles. The Bertz CT molecular complexity index is 846. The van der Waals surface area contributed by atoms with Gasteiger partial charge >= 0.3 is 0 Å². The molecule has 4 rings (SSSR count). The molecule has 0 amide bonds. The maximum atomic E-state index is 12.7. The number of carbonyl (C=O) groups excluding carboxylic acids is 1. The number of fused-ring (bicyclic) bond motifs is 3. The van der Waals surface area contributed by atoms with Crippen molar-refractivity contribution in [1.29, 1.82) is 0 Å². The molecule has 4 heteroatoms. The lowest BCUT2D eigenvalue weighted by Gasteiger charge is -2.54. The Hall–Kier alpha value is -2.17. The highest BCUT2D eigenvalue weighted by Gasteiger charge is 2.56. The van der Waals surface area contributed by atoms with Gasteiger partial charge < -0.3 is 15.3 Å². The van der Waals surface area contributed by atoms with Gasteiger partial charge in [0.1, 0.15) is 11.4 Å². The fourth-order valence-electron chi connectivity index (χ4n) is 5.18. The Labute approximate surface area is 153 Å². The van der Waals surface area contributed by atoms with Crippen LogP contribution in [0.4, 0.5) is 0 Å². The van der Waals surface area contributed by atoms with E-state index in [9.17, 15) is 20.1 Å². The Kier molecular flexibility index (Phi) is 3.94. The van der Waals surface area contributed by atoms with Gasteiger partial charge in [-0.2, -0.15) is 0 Å². The van der Waals surface area contributed by atoms with Crippen molar-refractivity contribution >= 4 is 5.78 Å². The molecular weight excluding hydrogens is 328 g/mol. The Morgan fingerprint density at radius 2 is 1.85 bits per heavy atom. The van der Waals surface area contributed by atoms with Crippen LogP contribution in [0.15, 0.2) is 48.5 Å². The van der Waals surface area contributed by atoms with Crippen LogP contribution in [0, 0.1) is 5.92 Å². The van der Waals surface area contributed by atoms with E-state index in [0.29, 0.717) is 30.4 Å². The van der Waals surface area contributed by atoms with Gasteiger partial charge in [0.05, 0.1) is 6.10 Å². The molecule has 2 aliphatic rings. The van der Waals surface area contributed by atoms with Crippen LogP contribution >= 0.6 is 0 Å². The van der Waals surface area contributed by atoms with Crippen molar-refractivity contribution in [3.05, 3.63) is 65.2 Å². The van der Waals surface area contributed by atoms with Crippen LogP contribution in [-0.4, -0.2) is 27.2 Å². The van der Waals surface area contributed by atoms with E-state index in [4.69, 9.17) is 0 Å². The molecule has 0 radical (unpaired) electrons. The molecule has 0 aromatic heterocycles. The van der Waals surface area contributed by atoms with Crippen LogP contribution in [-0.2, 0) is 11.0 Å². The van der Waals surface area contributed by atoms with Crippen LogP contribution in [0.5, 0.6) is 5.75 Å². The molecule has 0 spiro atoms. The summed E-state index contributed by atoms with van der Waals surface area (Å²) in [5, 5.41) is 32.1. The van der Waals surface area contributed by atoms with E-state index in [0.717, 1.165) is 12.0 Å². The molecule has 3 N–H and O–H groups in total. The van der Waals surface area contributed by atoms with Crippen molar-refractivity contribution in [2.75, 3.05) is 0 Å². The van der Waals surface area contributed by atoms with Crippen molar-refractivity contribution in [2.45, 2.75) is 49.7 Å². The number of hydrogen-bond donors (Lipinski definition) is 3. The fraction of sp³-hybridized carbons (Fsp3) is 0.409. The predicted molar refractivity (Wildman–Crippen MR) is 98.1 cm³/mol. The normalized spacial score (nSPS) is 33.4. The van der Waals surface area contributed by atoms with E-state index in [-0.39, 0.29) is 22.9 Å². The zero-order valence-corrected chi connectivity index (χ0v) is 14.9. The molecule has 1 saturated carbocycles. The number of phenolic OH excluding ortho intramolecular Hbond substituents is 1. The van der Waals surface area contributed by atoms with E-state index < -0.39 is 11.7 Å². The molecule has 3 unspecified atom stereocenters. The number of aliphatic hydroxyl groups excluding tert-OH is 1. The largest absolute Gasteiger partial charge is 0.508 e. The number of aromatic hydroxyl groups is 1. The minimum absolute atomic E-state index is 0.00298. The number of benzene rings is 2. The van der Waals surface area contributed by atoms with Gasteiger partial charge in [-0.25, -0.2) is 0 Å². The maximum absolute atomic E-state index is 12.7. The topological polar surface area (TPSA) is 77.8 Å². The molecule has 0 saturated heterocycles. The van der Waals surface area contributed by atoms with Gasteiger partial charge in [-0.1, -0.05) is 43.3 Å². The van der Waals surface area contributed by atoms with E-state index >= 15 is 0 Å². The Morgan fingerprint density at radius 3 is 2.54 bits per heavy atom. The zero-order chi connectivity index (χ0) is 18.5. The first kappa shape index (κ1) is 17.3. The van der Waals surface area contributed by atoms with E-state index in [1.165, 1.54) is 6.07 Å². The van der Waals surface area contributed by atoms with E-state index in [1.54, 1.807) is 6.07 Å². The fourth-order valence-corrected chi connectivity index (χ4v) is 5.18. The second-order valence-electron chi connectivity index (χ2n) is 7.78. The predicted octanol–water partition coefficient (Wildman–Crippen LogP) is 3.29. The summed E-state index contributed by atoms with van der Waals surface area (Å²) in [4.78, 5) is 12.7. The standard InChI is InChI=1S/C22H24O4/c1-2-21-13-20(25)22(26,14-6-4-3-5-7-14)12-15(21)10-19(24)17-11-16(23)8-9-18(17)21/h3-9,11,15,20,23,25-26H,2,10,12-13H2,1H3/t15-,20?,21?,22?/m1/s1. The minimum atomic E-state index is -1.35. The van der Waals surface area contributed by atoms with Crippen LogP contribution in [0.1, 0.15) is 54.1 Å². The summed E-state index contributed by atoms with van der Waals surface area (Å²) in [7, 11) is 0. The molecule has 0 aliphatic heterocycles. The van der Waals surface area contributed by atoms with Crippen molar-refractivity contribution in [3.8, 4) is 5.75 Å². The second-order valence-corrected chi connectivity index (χ2v) is 7.78. The van der Waals surface area contributed by atoms with Gasteiger partial charge in [0.15, 0.2) is 5.78 Å². The summed E-state index contributed by atoms with van der Waals surface area (Å²) in [6, 6.07) is 14.2. The molecule has 4 atom stereocenters. The molecule has 2 aromatic rings. The van der Waals surface area contributed by atoms with Crippen molar-refractivity contribution in [3.63, 3.8) is 0 Å². The first-order valence-electron chi connectivity index (χ1n) is 9.23. The average molecular weight is 352 g/mol. The minimum Gasteiger partial charge on any atom is -0.508 e. The first-order valence-corrected chi connectivity index (χ1v) is 9.23. The number of phenols is 1. The lowest BCUT2D eigenvalue weighted by Crippen LogP contribution is -2.56. The van der Waals surface area contributed by atoms with Crippen molar-refractivity contribution in [1.82, 2.24) is 0 Å². The third kappa shape index (κ3) is 2.32. The number of carbonyl (C=O) groups is 1. The van der Waals surface area contributed by atoms with Gasteiger partial charge in [0.2, 0.25) is 0 Å². The van der Waals surface area contributed by atoms with Crippen LogP contribution < -0.4 is 0 Å². The van der Waals surface area contributed by atoms with Crippen LogP contribution in [0.3, 0.4) is 0 Å². The molecule has 1 fully saturated rings. The Morgan fingerprint density at radius 1 is 1.12 bits per heavy atom. The summed E-state index contributed by atoms with van der Waals surface area (Å²) < 4.78 is 0. The monoisotopic (exact) mass is 352 g/mol. The maximum Gasteiger partial charge on any atom is 0.163 e. The van der Waals surface area contributed by atoms with Crippen LogP contribution in [0.25, 0.3) is 0 Å². The van der Waals surface area contributed by atoms with Crippen molar-refractivity contribution in [2.24, 2.45) is 5.92 Å². The average Bonchev–Trinajstić information content (AvgIpc) is 2.64. The lowest BCUT2D eigenvalue weighted by atomic mass is 9.51. The summed E-state index contributed by atoms with van der Waals surface area (Å²) >= 11 is 0. The molecule has 26 heavy (non-hydrogen) atoms. The Balaban J connectivity index is 1.82. The van der Waals surface area contributed by atoms with Gasteiger partial charge in [0, 0.05) is 17.4 Å². The number of aliphatic hydroxyl groups is 2. The summed E-state index contributed by atoms with van der Waals surface area (Å²) in [5.74, 6) is 0.0291. The number of hydrogen-bond acceptors (Lipinski definition) is 4. The molecule has 0 bridgehead atoms. The highest BCUT2D eigenvalue weighted by Crippen LogP contribution is 2.56. The molecule has 0 heterocycles. The highest BCUT2D eigenvalue weighted by atomic mass is 16.3. The lowest BCUT2D eigenvalue weighted by molar-refractivity contribution is -0.144. The van der Waals surface area contributed by atoms with Crippen LogP contribution in [0.2, 0.25) is 0 Å². The summed E-state index contributed by atoms with van der Waals surface area (Å²) in [6.45, 7) is 2.07. The quantitative estimate of drug-likeness (QED) is 0.775. The number of rotatable bonds is 2. The van der Waals surface area contributed by atoms with Gasteiger partial charge in [-0.3, -0.25) is 4.79 Å². The number of ketones is 1. The third-order valence-electron chi connectivity index (χ3n) is 6.62.